The van der Waals surface area contributed by atoms with Gasteiger partial charge in [-0.3, -0.25) is 23.7 Å². The molecule has 1 N–H and O–H groups in total. The van der Waals surface area contributed by atoms with Crippen LogP contribution in [-0.4, -0.2) is 29.7 Å². The van der Waals surface area contributed by atoms with Crippen molar-refractivity contribution in [3.8, 4) is 16.9 Å². The van der Waals surface area contributed by atoms with Crippen LogP contribution < -0.4 is 15.6 Å². The molecule has 1 unspecified atom stereocenters. The predicted octanol–water partition coefficient (Wildman–Crippen LogP) is 5.70. The normalized spacial score (nSPS) is 13.9. The van der Waals surface area contributed by atoms with Crippen LogP contribution in [-0.2, 0) is 4.79 Å². The maximum atomic E-state index is 15.1. The van der Waals surface area contributed by atoms with Crippen molar-refractivity contribution in [3.05, 3.63) is 81.0 Å². The molecular weight excluding hydrogens is 499 g/mol. The molecule has 1 aliphatic carbocycles. The van der Waals surface area contributed by atoms with Crippen LogP contribution in [0.5, 0.6) is 5.75 Å². The zero-order valence-electron chi connectivity index (χ0n) is 20.4. The Morgan fingerprint density at radius 2 is 1.92 bits per heavy atom. The van der Waals surface area contributed by atoms with Gasteiger partial charge in [0.05, 0.1) is 18.3 Å². The van der Waals surface area contributed by atoms with Crippen molar-refractivity contribution in [2.75, 3.05) is 12.4 Å². The number of nitrogens with one attached hydrogen (secondary N) is 1. The van der Waals surface area contributed by atoms with Crippen LogP contribution in [0.3, 0.4) is 0 Å². The number of aromatic nitrogens is 1. The van der Waals surface area contributed by atoms with E-state index in [-0.39, 0.29) is 33.4 Å². The molecule has 2 aromatic carbocycles. The molecule has 4 rings (SSSR count). The minimum absolute atomic E-state index is 0.0554. The van der Waals surface area contributed by atoms with Gasteiger partial charge in [0.15, 0.2) is 5.78 Å². The first kappa shape index (κ1) is 26.3. The number of benzene rings is 2. The van der Waals surface area contributed by atoms with E-state index in [0.717, 1.165) is 19.3 Å². The average molecular weight is 525 g/mol. The summed E-state index contributed by atoms with van der Waals surface area (Å²) in [6, 6.07) is 9.38. The Kier molecular flexibility index (Phi) is 7.88. The molecule has 1 aliphatic rings. The topological polar surface area (TPSA) is 94.5 Å². The number of halogens is 2. The maximum absolute atomic E-state index is 15.1. The molecule has 0 aliphatic heterocycles. The molecule has 192 valence electrons. The largest absolute Gasteiger partial charge is 0.495 e. The number of nitrogens with zero attached hydrogens (tertiary/aromatic N) is 1. The highest BCUT2D eigenvalue weighted by atomic mass is 35.5. The molecule has 3 aromatic rings. The van der Waals surface area contributed by atoms with Crippen LogP contribution in [0, 0.1) is 11.7 Å². The SMILES string of the molecule is COc1cn(C(CC2CCC2)C(=O)Nc2ccc(C=O)cc2)c(=O)cc1-c1c(C(C)=O)ccc(Cl)c1F. The Hall–Kier alpha value is -3.78. The molecule has 1 amide bonds. The second-order valence-corrected chi connectivity index (χ2v) is 9.53. The highest BCUT2D eigenvalue weighted by molar-refractivity contribution is 6.31. The molecule has 0 spiro atoms. The van der Waals surface area contributed by atoms with E-state index in [1.807, 2.05) is 0 Å². The van der Waals surface area contributed by atoms with Gasteiger partial charge < -0.3 is 10.1 Å². The standard InChI is InChI=1S/C28H26ClFN2O5/c1-16(34)20-10-11-22(29)27(30)26(20)21-13-25(35)32(14-24(21)37-2)23(12-17-4-3-5-17)28(36)31-19-8-6-18(15-33)7-9-19/h6-11,13-15,17,23H,3-5,12H2,1-2H3,(H,31,36). The molecule has 0 radical (unpaired) electrons. The number of aldehydes is 1. The zero-order chi connectivity index (χ0) is 26.7. The monoisotopic (exact) mass is 524 g/mol. The van der Waals surface area contributed by atoms with E-state index < -0.39 is 29.1 Å². The van der Waals surface area contributed by atoms with Crippen LogP contribution in [0.25, 0.3) is 11.1 Å². The Labute approximate surface area is 218 Å². The molecule has 1 saturated carbocycles. The zero-order valence-corrected chi connectivity index (χ0v) is 21.2. The van der Waals surface area contributed by atoms with Crippen molar-refractivity contribution in [3.63, 3.8) is 0 Å². The van der Waals surface area contributed by atoms with Gasteiger partial charge in [-0.15, -0.1) is 0 Å². The number of ether oxygens (including phenoxy) is 1. The number of hydrogen-bond acceptors (Lipinski definition) is 5. The molecule has 37 heavy (non-hydrogen) atoms. The van der Waals surface area contributed by atoms with Crippen LogP contribution in [0.2, 0.25) is 5.02 Å². The number of Topliss-reactive ketones (excluding diaryl/α,β-unsaturated/α-hetero) is 1. The molecule has 1 aromatic heterocycles. The molecule has 1 atom stereocenters. The molecular formula is C28H26ClFN2O5. The van der Waals surface area contributed by atoms with Crippen LogP contribution in [0.4, 0.5) is 10.1 Å². The fourth-order valence-corrected chi connectivity index (χ4v) is 4.66. The smallest absolute Gasteiger partial charge is 0.252 e. The minimum atomic E-state index is -0.858. The van der Waals surface area contributed by atoms with E-state index in [9.17, 15) is 19.2 Å². The summed E-state index contributed by atoms with van der Waals surface area (Å²) in [4.78, 5) is 49.9. The Morgan fingerprint density at radius 1 is 1.22 bits per heavy atom. The highest BCUT2D eigenvalue weighted by Gasteiger charge is 2.30. The fraction of sp³-hybridized carbons (Fsp3) is 0.286. The van der Waals surface area contributed by atoms with Crippen molar-refractivity contribution < 1.29 is 23.5 Å². The van der Waals surface area contributed by atoms with Crippen molar-refractivity contribution in [1.82, 2.24) is 4.57 Å². The Balaban J connectivity index is 1.78. The van der Waals surface area contributed by atoms with Gasteiger partial charge in [-0.1, -0.05) is 30.9 Å². The Bertz CT molecular complexity index is 1410. The number of hydrogen-bond donors (Lipinski definition) is 1. The Morgan fingerprint density at radius 3 is 2.49 bits per heavy atom. The van der Waals surface area contributed by atoms with Gasteiger partial charge in [0.1, 0.15) is 23.9 Å². The summed E-state index contributed by atoms with van der Waals surface area (Å²) in [5, 5.41) is 2.62. The van der Waals surface area contributed by atoms with Gasteiger partial charge in [0.2, 0.25) is 5.91 Å². The summed E-state index contributed by atoms with van der Waals surface area (Å²) >= 11 is 5.99. The third-order valence-electron chi connectivity index (χ3n) is 6.74. The van der Waals surface area contributed by atoms with Crippen molar-refractivity contribution in [2.24, 2.45) is 5.92 Å². The van der Waals surface area contributed by atoms with Gasteiger partial charge in [0.25, 0.3) is 5.56 Å². The number of amides is 1. The number of anilines is 1. The van der Waals surface area contributed by atoms with Crippen molar-refractivity contribution in [1.29, 1.82) is 0 Å². The van der Waals surface area contributed by atoms with Crippen LogP contribution in [0.15, 0.2) is 53.5 Å². The first-order valence-electron chi connectivity index (χ1n) is 11.9. The lowest BCUT2D eigenvalue weighted by atomic mass is 9.80. The summed E-state index contributed by atoms with van der Waals surface area (Å²) in [5.74, 6) is -1.25. The van der Waals surface area contributed by atoms with Gasteiger partial charge in [-0.25, -0.2) is 4.39 Å². The third kappa shape index (κ3) is 5.49. The van der Waals surface area contributed by atoms with E-state index in [1.54, 1.807) is 24.3 Å². The fourth-order valence-electron chi connectivity index (χ4n) is 4.50. The lowest BCUT2D eigenvalue weighted by molar-refractivity contribution is -0.120. The van der Waals surface area contributed by atoms with E-state index >= 15 is 4.39 Å². The molecule has 0 bridgehead atoms. The number of carbonyl (C=O) groups excluding carboxylic acids is 3. The van der Waals surface area contributed by atoms with Crippen LogP contribution >= 0.6 is 11.6 Å². The maximum Gasteiger partial charge on any atom is 0.252 e. The van der Waals surface area contributed by atoms with E-state index in [2.05, 4.69) is 5.32 Å². The van der Waals surface area contributed by atoms with Crippen molar-refractivity contribution >= 4 is 35.3 Å². The van der Waals surface area contributed by atoms with E-state index in [1.165, 1.54) is 43.0 Å². The second-order valence-electron chi connectivity index (χ2n) is 9.12. The number of methoxy groups -OCH3 is 1. The number of rotatable bonds is 9. The number of carbonyl (C=O) groups is 3. The summed E-state index contributed by atoms with van der Waals surface area (Å²) in [5.41, 5.74) is 0.398. The summed E-state index contributed by atoms with van der Waals surface area (Å²) in [6.45, 7) is 1.29. The van der Waals surface area contributed by atoms with E-state index in [4.69, 9.17) is 16.3 Å². The second kappa shape index (κ2) is 11.1. The first-order valence-corrected chi connectivity index (χ1v) is 12.3. The third-order valence-corrected chi connectivity index (χ3v) is 7.03. The quantitative estimate of drug-likeness (QED) is 0.286. The van der Waals surface area contributed by atoms with Gasteiger partial charge in [0, 0.05) is 34.0 Å². The molecule has 1 heterocycles. The highest BCUT2D eigenvalue weighted by Crippen LogP contribution is 2.38. The molecule has 9 heteroatoms. The average Bonchev–Trinajstić information content (AvgIpc) is 2.85. The lowest BCUT2D eigenvalue weighted by Crippen LogP contribution is -2.35. The predicted molar refractivity (Wildman–Crippen MR) is 139 cm³/mol. The van der Waals surface area contributed by atoms with E-state index in [0.29, 0.717) is 24.0 Å². The minimum Gasteiger partial charge on any atom is -0.495 e. The summed E-state index contributed by atoms with van der Waals surface area (Å²) in [7, 11) is 1.36. The van der Waals surface area contributed by atoms with Gasteiger partial charge >= 0.3 is 0 Å². The summed E-state index contributed by atoms with van der Waals surface area (Å²) < 4.78 is 21.9. The lowest BCUT2D eigenvalue weighted by Gasteiger charge is -2.30. The van der Waals surface area contributed by atoms with Gasteiger partial charge in [-0.05, 0) is 55.7 Å². The van der Waals surface area contributed by atoms with Gasteiger partial charge in [-0.2, -0.15) is 0 Å². The first-order chi connectivity index (χ1) is 17.7. The number of ketones is 1. The van der Waals surface area contributed by atoms with Crippen LogP contribution in [0.1, 0.15) is 59.4 Å². The molecule has 1 fully saturated rings. The molecule has 0 saturated heterocycles. The van der Waals surface area contributed by atoms with Crippen molar-refractivity contribution in [2.45, 2.75) is 38.6 Å². The molecule has 7 nitrogen and oxygen atoms in total. The summed E-state index contributed by atoms with van der Waals surface area (Å²) in [6.07, 6.45) is 5.49. The number of pyridine rings is 1.